The highest BCUT2D eigenvalue weighted by molar-refractivity contribution is 7.91. The van der Waals surface area contributed by atoms with Crippen molar-refractivity contribution in [3.05, 3.63) is 24.3 Å². The molecule has 1 saturated heterocycles. The molecule has 0 spiro atoms. The van der Waals surface area contributed by atoms with Crippen LogP contribution in [-0.4, -0.2) is 36.5 Å². The van der Waals surface area contributed by atoms with Gasteiger partial charge in [-0.3, -0.25) is 0 Å². The number of nitrogens with two attached hydrogens (primary N) is 1. The molecule has 0 saturated carbocycles. The molecule has 2 atom stereocenters. The van der Waals surface area contributed by atoms with Gasteiger partial charge in [0.25, 0.3) is 0 Å². The average molecular weight is 320 g/mol. The summed E-state index contributed by atoms with van der Waals surface area (Å²) in [5, 5.41) is 5.73. The number of rotatable bonds is 2. The van der Waals surface area contributed by atoms with Gasteiger partial charge in [0.05, 0.1) is 22.9 Å². The van der Waals surface area contributed by atoms with Gasteiger partial charge < -0.3 is 16.4 Å². The fourth-order valence-corrected chi connectivity index (χ4v) is 4.71. The molecule has 1 aromatic rings. The van der Waals surface area contributed by atoms with Crippen molar-refractivity contribution in [3.63, 3.8) is 0 Å². The van der Waals surface area contributed by atoms with E-state index in [9.17, 15) is 8.42 Å². The van der Waals surface area contributed by atoms with Gasteiger partial charge in [-0.15, -0.1) is 11.6 Å². The third kappa shape index (κ3) is 3.95. The standard InChI is InChI=1S/C11H14ClN3O2S2/c12-9-5-19(16,17)6-10(9)15-11(18)14-8-3-1-2-7(13)4-8/h1-4,9-10H,5-6,13H2,(H2,14,15,18). The maximum Gasteiger partial charge on any atom is 0.171 e. The quantitative estimate of drug-likeness (QED) is 0.428. The van der Waals surface area contributed by atoms with Crippen LogP contribution in [0.15, 0.2) is 24.3 Å². The van der Waals surface area contributed by atoms with E-state index in [4.69, 9.17) is 29.6 Å². The third-order valence-corrected chi connectivity index (χ3v) is 5.34. The molecule has 104 valence electrons. The number of thiocarbonyl (C=S) groups is 1. The lowest BCUT2D eigenvalue weighted by atomic mass is 10.2. The molecule has 1 aliphatic heterocycles. The second-order valence-electron chi connectivity index (χ2n) is 4.42. The van der Waals surface area contributed by atoms with E-state index in [-0.39, 0.29) is 17.5 Å². The predicted molar refractivity (Wildman–Crippen MR) is 82.3 cm³/mol. The van der Waals surface area contributed by atoms with Gasteiger partial charge in [-0.25, -0.2) is 8.42 Å². The summed E-state index contributed by atoms with van der Waals surface area (Å²) < 4.78 is 22.9. The van der Waals surface area contributed by atoms with Crippen LogP contribution in [0.4, 0.5) is 11.4 Å². The SMILES string of the molecule is Nc1cccc(NC(=S)NC2CS(=O)(=O)CC2Cl)c1. The molecule has 0 bridgehead atoms. The third-order valence-electron chi connectivity index (χ3n) is 2.74. The number of nitrogen functional groups attached to an aromatic ring is 1. The molecule has 0 amide bonds. The molecule has 1 aliphatic rings. The molecule has 1 aromatic carbocycles. The fraction of sp³-hybridized carbons (Fsp3) is 0.364. The van der Waals surface area contributed by atoms with Crippen molar-refractivity contribution >= 4 is 50.1 Å². The number of alkyl halides is 1. The lowest BCUT2D eigenvalue weighted by Crippen LogP contribution is -2.42. The summed E-state index contributed by atoms with van der Waals surface area (Å²) in [5.74, 6) is -0.0208. The topological polar surface area (TPSA) is 84.2 Å². The Morgan fingerprint density at radius 2 is 2.16 bits per heavy atom. The van der Waals surface area contributed by atoms with Crippen molar-refractivity contribution < 1.29 is 8.42 Å². The van der Waals surface area contributed by atoms with Crippen molar-refractivity contribution in [2.45, 2.75) is 11.4 Å². The number of benzene rings is 1. The van der Waals surface area contributed by atoms with Gasteiger partial charge >= 0.3 is 0 Å². The van der Waals surface area contributed by atoms with Crippen molar-refractivity contribution in [1.82, 2.24) is 5.32 Å². The molecule has 0 radical (unpaired) electrons. The van der Waals surface area contributed by atoms with Crippen LogP contribution in [0.3, 0.4) is 0 Å². The number of hydrogen-bond donors (Lipinski definition) is 3. The van der Waals surface area contributed by atoms with Gasteiger partial charge in [0.1, 0.15) is 0 Å². The monoisotopic (exact) mass is 319 g/mol. The molecule has 1 fully saturated rings. The highest BCUT2D eigenvalue weighted by atomic mass is 35.5. The molecule has 5 nitrogen and oxygen atoms in total. The molecule has 0 aliphatic carbocycles. The van der Waals surface area contributed by atoms with E-state index < -0.39 is 15.2 Å². The van der Waals surface area contributed by atoms with Crippen LogP contribution in [0.1, 0.15) is 0 Å². The number of nitrogens with one attached hydrogen (secondary N) is 2. The molecular weight excluding hydrogens is 306 g/mol. The normalized spacial score (nSPS) is 24.9. The summed E-state index contributed by atoms with van der Waals surface area (Å²) in [6, 6.07) is 6.74. The molecule has 2 unspecified atom stereocenters. The van der Waals surface area contributed by atoms with Crippen LogP contribution >= 0.6 is 23.8 Å². The molecule has 0 aromatic heterocycles. The minimum absolute atomic E-state index is 0.0000841. The number of sulfone groups is 1. The molecule has 1 heterocycles. The maximum atomic E-state index is 11.4. The molecule has 2 rings (SSSR count). The number of hydrogen-bond acceptors (Lipinski definition) is 4. The molecule has 4 N–H and O–H groups in total. The molecule has 8 heteroatoms. The zero-order valence-electron chi connectivity index (χ0n) is 9.97. The van der Waals surface area contributed by atoms with E-state index in [1.165, 1.54) is 0 Å². The van der Waals surface area contributed by atoms with Crippen LogP contribution in [0, 0.1) is 0 Å². The Kier molecular flexibility index (Phi) is 4.17. The Bertz CT molecular complexity index is 591. The summed E-state index contributed by atoms with van der Waals surface area (Å²) in [5.41, 5.74) is 7.01. The summed E-state index contributed by atoms with van der Waals surface area (Å²) in [6.07, 6.45) is 0. The van der Waals surface area contributed by atoms with E-state index in [0.29, 0.717) is 10.8 Å². The number of halogens is 1. The van der Waals surface area contributed by atoms with Crippen molar-refractivity contribution in [3.8, 4) is 0 Å². The largest absolute Gasteiger partial charge is 0.399 e. The Morgan fingerprint density at radius 3 is 2.74 bits per heavy atom. The second-order valence-corrected chi connectivity index (χ2v) is 7.55. The van der Waals surface area contributed by atoms with Crippen LogP contribution in [-0.2, 0) is 9.84 Å². The summed E-state index contributed by atoms with van der Waals surface area (Å²) in [4.78, 5) is 0. The maximum absolute atomic E-state index is 11.4. The first-order chi connectivity index (χ1) is 8.85. The van der Waals surface area contributed by atoms with E-state index in [1.807, 2.05) is 6.07 Å². The Labute approximate surface area is 122 Å². The summed E-state index contributed by atoms with van der Waals surface area (Å²) >= 11 is 11.1. The minimum atomic E-state index is -3.07. The summed E-state index contributed by atoms with van der Waals surface area (Å²) in [6.45, 7) is 0. The first-order valence-electron chi connectivity index (χ1n) is 5.63. The summed E-state index contributed by atoms with van der Waals surface area (Å²) in [7, 11) is -3.07. The van der Waals surface area contributed by atoms with Gasteiger partial charge in [-0.1, -0.05) is 6.07 Å². The minimum Gasteiger partial charge on any atom is -0.399 e. The average Bonchev–Trinajstić information content (AvgIpc) is 2.51. The van der Waals surface area contributed by atoms with Crippen molar-refractivity contribution in [1.29, 1.82) is 0 Å². The zero-order chi connectivity index (χ0) is 14.0. The van der Waals surface area contributed by atoms with Gasteiger partial charge in [0, 0.05) is 11.4 Å². The van der Waals surface area contributed by atoms with Crippen LogP contribution in [0.5, 0.6) is 0 Å². The Hall–Kier alpha value is -1.05. The highest BCUT2D eigenvalue weighted by Crippen LogP contribution is 2.18. The van der Waals surface area contributed by atoms with Gasteiger partial charge in [0.15, 0.2) is 14.9 Å². The van der Waals surface area contributed by atoms with E-state index >= 15 is 0 Å². The Balaban J connectivity index is 1.95. The van der Waals surface area contributed by atoms with E-state index in [1.54, 1.807) is 18.2 Å². The predicted octanol–water partition coefficient (Wildman–Crippen LogP) is 0.960. The zero-order valence-corrected chi connectivity index (χ0v) is 12.4. The first kappa shape index (κ1) is 14.4. The van der Waals surface area contributed by atoms with E-state index in [0.717, 1.165) is 5.69 Å². The van der Waals surface area contributed by atoms with Gasteiger partial charge in [-0.05, 0) is 30.4 Å². The van der Waals surface area contributed by atoms with Crippen molar-refractivity contribution in [2.75, 3.05) is 22.6 Å². The smallest absolute Gasteiger partial charge is 0.171 e. The van der Waals surface area contributed by atoms with E-state index in [2.05, 4.69) is 10.6 Å². The Morgan fingerprint density at radius 1 is 1.42 bits per heavy atom. The fourth-order valence-electron chi connectivity index (χ4n) is 1.89. The van der Waals surface area contributed by atoms with Crippen LogP contribution < -0.4 is 16.4 Å². The highest BCUT2D eigenvalue weighted by Gasteiger charge is 2.36. The lowest BCUT2D eigenvalue weighted by molar-refractivity contribution is 0.600. The first-order valence-corrected chi connectivity index (χ1v) is 8.30. The van der Waals surface area contributed by atoms with Crippen molar-refractivity contribution in [2.24, 2.45) is 0 Å². The number of anilines is 2. The lowest BCUT2D eigenvalue weighted by Gasteiger charge is -2.17. The van der Waals surface area contributed by atoms with Crippen LogP contribution in [0.2, 0.25) is 0 Å². The van der Waals surface area contributed by atoms with Crippen LogP contribution in [0.25, 0.3) is 0 Å². The molecule has 19 heavy (non-hydrogen) atoms. The molecular formula is C11H14ClN3O2S2. The van der Waals surface area contributed by atoms with Gasteiger partial charge in [-0.2, -0.15) is 0 Å². The second kappa shape index (κ2) is 5.52. The van der Waals surface area contributed by atoms with Gasteiger partial charge in [0.2, 0.25) is 0 Å².